The average Bonchev–Trinajstić information content (AvgIpc) is 2.39. The first-order valence-electron chi connectivity index (χ1n) is 6.77. The fourth-order valence-electron chi connectivity index (χ4n) is 1.79. The van der Waals surface area contributed by atoms with Crippen LogP contribution in [0.4, 0.5) is 11.8 Å². The Morgan fingerprint density at radius 3 is 2.80 bits per heavy atom. The molecule has 1 rings (SSSR count). The minimum Gasteiger partial charge on any atom is -0.503 e. The van der Waals surface area contributed by atoms with Gasteiger partial charge >= 0.3 is 0 Å². The number of nitrogens with one attached hydrogen (secondary N) is 2. The quantitative estimate of drug-likeness (QED) is 0.575. The van der Waals surface area contributed by atoms with Gasteiger partial charge in [-0.1, -0.05) is 19.8 Å². The molecule has 1 unspecified atom stereocenters. The molecule has 1 aromatic rings. The summed E-state index contributed by atoms with van der Waals surface area (Å²) in [6, 6.07) is 0.0194. The minimum absolute atomic E-state index is 0.0194. The van der Waals surface area contributed by atoms with E-state index in [0.717, 1.165) is 19.3 Å². The lowest BCUT2D eigenvalue weighted by Gasteiger charge is -2.19. The Hall–Kier alpha value is -1.89. The van der Waals surface area contributed by atoms with Gasteiger partial charge in [0, 0.05) is 19.6 Å². The number of nitrogens with zero attached hydrogens (tertiary/aromatic N) is 2. The molecule has 0 aromatic carbocycles. The standard InChI is InChI=1S/C13H22N4O3/c1-3-4-5-10(6-7-18)16-12-11(20)8-14-13(17-12)15-9(2)19/h8,10,18,20H,3-7H2,1-2H3,(H2,14,15,16,17,19). The van der Waals surface area contributed by atoms with Crippen LogP contribution in [0.15, 0.2) is 6.20 Å². The average molecular weight is 282 g/mol. The normalized spacial score (nSPS) is 11.9. The molecule has 1 amide bonds. The van der Waals surface area contributed by atoms with Gasteiger partial charge in [0.05, 0.1) is 6.20 Å². The molecule has 1 heterocycles. The monoisotopic (exact) mass is 282 g/mol. The van der Waals surface area contributed by atoms with Crippen molar-refractivity contribution < 1.29 is 15.0 Å². The maximum absolute atomic E-state index is 11.0. The Labute approximate surface area is 118 Å². The Bertz CT molecular complexity index is 440. The molecule has 0 aliphatic heterocycles. The fraction of sp³-hybridized carbons (Fsp3) is 0.615. The van der Waals surface area contributed by atoms with E-state index in [1.165, 1.54) is 13.1 Å². The Kier molecular flexibility index (Phi) is 6.72. The summed E-state index contributed by atoms with van der Waals surface area (Å²) in [7, 11) is 0. The van der Waals surface area contributed by atoms with Gasteiger partial charge in [-0.05, 0) is 12.8 Å². The number of aromatic hydroxyl groups is 1. The summed E-state index contributed by atoms with van der Waals surface area (Å²) in [5.41, 5.74) is 0. The summed E-state index contributed by atoms with van der Waals surface area (Å²) in [4.78, 5) is 18.8. The maximum atomic E-state index is 11.0. The molecule has 7 heteroatoms. The number of carbonyl (C=O) groups excluding carboxylic acids is 1. The van der Waals surface area contributed by atoms with Crippen molar-refractivity contribution in [1.29, 1.82) is 0 Å². The highest BCUT2D eigenvalue weighted by Crippen LogP contribution is 2.23. The van der Waals surface area contributed by atoms with Crippen LogP contribution in [-0.4, -0.2) is 38.7 Å². The zero-order valence-electron chi connectivity index (χ0n) is 11.9. The minimum atomic E-state index is -0.278. The summed E-state index contributed by atoms with van der Waals surface area (Å²) >= 11 is 0. The van der Waals surface area contributed by atoms with E-state index in [1.54, 1.807) is 0 Å². The van der Waals surface area contributed by atoms with Gasteiger partial charge in [-0.3, -0.25) is 10.1 Å². The maximum Gasteiger partial charge on any atom is 0.231 e. The van der Waals surface area contributed by atoms with E-state index < -0.39 is 0 Å². The number of aromatic nitrogens is 2. The molecule has 0 spiro atoms. The highest BCUT2D eigenvalue weighted by atomic mass is 16.3. The van der Waals surface area contributed by atoms with E-state index in [0.29, 0.717) is 6.42 Å². The molecule has 0 saturated heterocycles. The number of hydrogen-bond donors (Lipinski definition) is 4. The van der Waals surface area contributed by atoms with Gasteiger partial charge in [0.2, 0.25) is 11.9 Å². The number of aliphatic hydroxyl groups is 1. The number of rotatable bonds is 8. The van der Waals surface area contributed by atoms with Crippen LogP contribution < -0.4 is 10.6 Å². The van der Waals surface area contributed by atoms with E-state index in [9.17, 15) is 9.90 Å². The van der Waals surface area contributed by atoms with Crippen LogP contribution in [0.1, 0.15) is 39.5 Å². The molecule has 1 aromatic heterocycles. The van der Waals surface area contributed by atoms with Gasteiger partial charge in [0.1, 0.15) is 0 Å². The fourth-order valence-corrected chi connectivity index (χ4v) is 1.79. The van der Waals surface area contributed by atoms with E-state index in [-0.39, 0.29) is 36.1 Å². The van der Waals surface area contributed by atoms with Gasteiger partial charge in [0.15, 0.2) is 11.6 Å². The number of anilines is 2. The highest BCUT2D eigenvalue weighted by molar-refractivity contribution is 5.86. The molecule has 112 valence electrons. The molecule has 0 aliphatic carbocycles. The van der Waals surface area contributed by atoms with Crippen LogP contribution in [-0.2, 0) is 4.79 Å². The zero-order valence-corrected chi connectivity index (χ0v) is 11.9. The van der Waals surface area contributed by atoms with Gasteiger partial charge in [0.25, 0.3) is 0 Å². The van der Waals surface area contributed by atoms with Crippen LogP contribution >= 0.6 is 0 Å². The third kappa shape index (κ3) is 5.40. The molecule has 0 aliphatic rings. The second-order valence-electron chi connectivity index (χ2n) is 4.60. The van der Waals surface area contributed by atoms with Gasteiger partial charge < -0.3 is 15.5 Å². The highest BCUT2D eigenvalue weighted by Gasteiger charge is 2.13. The van der Waals surface area contributed by atoms with Crippen molar-refractivity contribution in [2.24, 2.45) is 0 Å². The molecule has 0 bridgehead atoms. The van der Waals surface area contributed by atoms with E-state index in [2.05, 4.69) is 27.5 Å². The summed E-state index contributed by atoms with van der Waals surface area (Å²) in [6.45, 7) is 3.51. The second-order valence-corrected chi connectivity index (χ2v) is 4.60. The lowest BCUT2D eigenvalue weighted by atomic mass is 10.1. The van der Waals surface area contributed by atoms with Gasteiger partial charge in [-0.25, -0.2) is 4.98 Å². The Morgan fingerprint density at radius 1 is 1.45 bits per heavy atom. The van der Waals surface area contributed by atoms with Crippen molar-refractivity contribution in [2.45, 2.75) is 45.6 Å². The van der Waals surface area contributed by atoms with Crippen LogP contribution in [0.25, 0.3) is 0 Å². The Balaban J connectivity index is 2.78. The second kappa shape index (κ2) is 8.31. The SMILES string of the molecule is CCCCC(CCO)Nc1nc(NC(C)=O)ncc1O. The van der Waals surface area contributed by atoms with Crippen molar-refractivity contribution in [2.75, 3.05) is 17.2 Å². The zero-order chi connectivity index (χ0) is 15.0. The van der Waals surface area contributed by atoms with Crippen molar-refractivity contribution in [3.8, 4) is 5.75 Å². The number of amides is 1. The van der Waals surface area contributed by atoms with Crippen LogP contribution in [0, 0.1) is 0 Å². The smallest absolute Gasteiger partial charge is 0.231 e. The third-order valence-corrected chi connectivity index (χ3v) is 2.78. The third-order valence-electron chi connectivity index (χ3n) is 2.78. The van der Waals surface area contributed by atoms with Crippen molar-refractivity contribution in [3.63, 3.8) is 0 Å². The first-order valence-corrected chi connectivity index (χ1v) is 6.77. The molecule has 0 fully saturated rings. The largest absolute Gasteiger partial charge is 0.503 e. The predicted octanol–water partition coefficient (Wildman–Crippen LogP) is 1.49. The molecular weight excluding hydrogens is 260 g/mol. The molecule has 7 nitrogen and oxygen atoms in total. The topological polar surface area (TPSA) is 107 Å². The van der Waals surface area contributed by atoms with Crippen LogP contribution in [0.3, 0.4) is 0 Å². The molecule has 1 atom stereocenters. The van der Waals surface area contributed by atoms with Crippen molar-refractivity contribution in [3.05, 3.63) is 6.20 Å². The van der Waals surface area contributed by atoms with Crippen LogP contribution in [0.5, 0.6) is 5.75 Å². The van der Waals surface area contributed by atoms with Gasteiger partial charge in [-0.2, -0.15) is 4.98 Å². The number of hydrogen-bond acceptors (Lipinski definition) is 6. The summed E-state index contributed by atoms with van der Waals surface area (Å²) in [5.74, 6) is 0.0346. The first-order chi connectivity index (χ1) is 9.56. The van der Waals surface area contributed by atoms with E-state index in [4.69, 9.17) is 5.11 Å². The number of aliphatic hydroxyl groups excluding tert-OH is 1. The van der Waals surface area contributed by atoms with Crippen LogP contribution in [0.2, 0.25) is 0 Å². The molecule has 0 saturated carbocycles. The molecular formula is C13H22N4O3. The summed E-state index contributed by atoms with van der Waals surface area (Å²) < 4.78 is 0. The van der Waals surface area contributed by atoms with E-state index >= 15 is 0 Å². The van der Waals surface area contributed by atoms with E-state index in [1.807, 2.05) is 0 Å². The van der Waals surface area contributed by atoms with Crippen molar-refractivity contribution in [1.82, 2.24) is 9.97 Å². The lowest BCUT2D eigenvalue weighted by molar-refractivity contribution is -0.114. The summed E-state index contributed by atoms with van der Waals surface area (Å²) in [5, 5.41) is 24.4. The molecule has 20 heavy (non-hydrogen) atoms. The lowest BCUT2D eigenvalue weighted by Crippen LogP contribution is -2.22. The summed E-state index contributed by atoms with van der Waals surface area (Å²) in [6.07, 6.45) is 4.74. The molecule has 0 radical (unpaired) electrons. The number of unbranched alkanes of at least 4 members (excludes halogenated alkanes) is 1. The Morgan fingerprint density at radius 2 is 2.20 bits per heavy atom. The number of carbonyl (C=O) groups is 1. The van der Waals surface area contributed by atoms with Crippen molar-refractivity contribution >= 4 is 17.7 Å². The van der Waals surface area contributed by atoms with Gasteiger partial charge in [-0.15, -0.1) is 0 Å². The molecule has 4 N–H and O–H groups in total. The first kappa shape index (κ1) is 16.2. The predicted molar refractivity (Wildman–Crippen MR) is 76.6 cm³/mol.